The monoisotopic (exact) mass is 291 g/mol. The van der Waals surface area contributed by atoms with Crippen molar-refractivity contribution < 1.29 is 0 Å². The van der Waals surface area contributed by atoms with Gasteiger partial charge in [0.1, 0.15) is 18.0 Å². The Bertz CT molecular complexity index is 464. The number of anilines is 2. The van der Waals surface area contributed by atoms with Crippen LogP contribution in [0.15, 0.2) is 6.33 Å². The summed E-state index contributed by atoms with van der Waals surface area (Å²) < 4.78 is 0. The zero-order valence-corrected chi connectivity index (χ0v) is 14.0. The number of nitrogens with zero attached hydrogens (tertiary/aromatic N) is 3. The van der Waals surface area contributed by atoms with Crippen molar-refractivity contribution in [3.63, 3.8) is 0 Å². The highest BCUT2D eigenvalue weighted by atomic mass is 15.2. The largest absolute Gasteiger partial charge is 0.373 e. The third kappa shape index (κ3) is 3.28. The molecule has 1 aliphatic carbocycles. The first-order chi connectivity index (χ1) is 10.00. The van der Waals surface area contributed by atoms with Crippen molar-refractivity contribution in [3.8, 4) is 0 Å². The van der Waals surface area contributed by atoms with E-state index in [1.807, 2.05) is 7.05 Å². The summed E-state index contributed by atoms with van der Waals surface area (Å²) in [7, 11) is 6.29. The van der Waals surface area contributed by atoms with Crippen molar-refractivity contribution in [2.24, 2.45) is 0 Å². The van der Waals surface area contributed by atoms with Gasteiger partial charge in [-0.15, -0.1) is 0 Å². The molecule has 0 unspecified atom stereocenters. The zero-order chi connectivity index (χ0) is 15.5. The fraction of sp³-hybridized carbons (Fsp3) is 0.750. The fourth-order valence-electron chi connectivity index (χ4n) is 3.35. The van der Waals surface area contributed by atoms with Gasteiger partial charge in [-0.25, -0.2) is 9.97 Å². The Morgan fingerprint density at radius 2 is 1.81 bits per heavy atom. The lowest BCUT2D eigenvalue weighted by Crippen LogP contribution is -2.47. The molecule has 1 aromatic rings. The maximum Gasteiger partial charge on any atom is 0.135 e. The van der Waals surface area contributed by atoms with Crippen LogP contribution in [0, 0.1) is 0 Å². The second-order valence-electron chi connectivity index (χ2n) is 6.57. The minimum atomic E-state index is 0.263. The van der Waals surface area contributed by atoms with E-state index in [0.717, 1.165) is 18.2 Å². The molecule has 1 fully saturated rings. The van der Waals surface area contributed by atoms with E-state index in [1.165, 1.54) is 31.2 Å². The standard InChI is InChI=1S/C16H29N5/c1-12(2)13-14(17-3)19-11-20-15(13)18-10-16(21(4)5)8-6-7-9-16/h11-12H,6-10H2,1-5H3,(H2,17,18,19,20). The SMILES string of the molecule is CNc1ncnc(NCC2(N(C)C)CCCC2)c1C(C)C. The van der Waals surface area contributed by atoms with Crippen molar-refractivity contribution >= 4 is 11.6 Å². The van der Waals surface area contributed by atoms with E-state index in [0.29, 0.717) is 5.92 Å². The Labute approximate surface area is 128 Å². The molecule has 0 spiro atoms. The number of hydrogen-bond donors (Lipinski definition) is 2. The van der Waals surface area contributed by atoms with Crippen molar-refractivity contribution in [2.75, 3.05) is 38.3 Å². The third-order valence-electron chi connectivity index (χ3n) is 4.77. The van der Waals surface area contributed by atoms with Gasteiger partial charge < -0.3 is 15.5 Å². The average Bonchev–Trinajstić information content (AvgIpc) is 2.94. The summed E-state index contributed by atoms with van der Waals surface area (Å²) in [6.07, 6.45) is 6.80. The maximum absolute atomic E-state index is 4.48. The summed E-state index contributed by atoms with van der Waals surface area (Å²) in [5.74, 6) is 2.28. The zero-order valence-electron chi connectivity index (χ0n) is 14.0. The molecule has 0 radical (unpaired) electrons. The molecule has 0 saturated heterocycles. The first-order valence-electron chi connectivity index (χ1n) is 7.94. The second-order valence-corrected chi connectivity index (χ2v) is 6.57. The van der Waals surface area contributed by atoms with E-state index in [2.05, 4.69) is 53.4 Å². The van der Waals surface area contributed by atoms with Crippen molar-refractivity contribution in [1.29, 1.82) is 0 Å². The molecule has 1 heterocycles. The molecule has 1 aliphatic rings. The molecule has 1 aromatic heterocycles. The Balaban J connectivity index is 2.20. The van der Waals surface area contributed by atoms with Crippen LogP contribution in [0.25, 0.3) is 0 Å². The number of nitrogens with one attached hydrogen (secondary N) is 2. The minimum absolute atomic E-state index is 0.263. The van der Waals surface area contributed by atoms with Gasteiger partial charge in [0.15, 0.2) is 0 Å². The Kier molecular flexibility index (Phi) is 5.04. The van der Waals surface area contributed by atoms with Crippen LogP contribution in [0.1, 0.15) is 51.0 Å². The molecule has 0 atom stereocenters. The quantitative estimate of drug-likeness (QED) is 0.844. The molecular formula is C16H29N5. The van der Waals surface area contributed by atoms with Gasteiger partial charge in [0.2, 0.25) is 0 Å². The number of likely N-dealkylation sites (N-methyl/N-ethyl adjacent to an activating group) is 1. The number of hydrogen-bond acceptors (Lipinski definition) is 5. The summed E-state index contributed by atoms with van der Waals surface area (Å²) in [5, 5.41) is 6.78. The lowest BCUT2D eigenvalue weighted by molar-refractivity contribution is 0.172. The average molecular weight is 291 g/mol. The Morgan fingerprint density at radius 1 is 1.19 bits per heavy atom. The summed E-state index contributed by atoms with van der Waals surface area (Å²) in [5.41, 5.74) is 1.44. The van der Waals surface area contributed by atoms with Gasteiger partial charge >= 0.3 is 0 Å². The Morgan fingerprint density at radius 3 is 2.33 bits per heavy atom. The highest BCUT2D eigenvalue weighted by Crippen LogP contribution is 2.35. The van der Waals surface area contributed by atoms with Crippen LogP contribution in [-0.4, -0.2) is 48.1 Å². The van der Waals surface area contributed by atoms with Crippen molar-refractivity contribution in [3.05, 3.63) is 11.9 Å². The molecule has 0 bridgehead atoms. The lowest BCUT2D eigenvalue weighted by Gasteiger charge is -2.37. The van der Waals surface area contributed by atoms with Crippen LogP contribution < -0.4 is 10.6 Å². The topological polar surface area (TPSA) is 53.1 Å². The molecule has 5 nitrogen and oxygen atoms in total. The van der Waals surface area contributed by atoms with Gasteiger partial charge in [-0.1, -0.05) is 26.7 Å². The second kappa shape index (κ2) is 6.60. The highest BCUT2D eigenvalue weighted by Gasteiger charge is 2.36. The normalized spacial score (nSPS) is 17.5. The van der Waals surface area contributed by atoms with E-state index < -0.39 is 0 Å². The van der Waals surface area contributed by atoms with Gasteiger partial charge in [-0.2, -0.15) is 0 Å². The van der Waals surface area contributed by atoms with Crippen molar-refractivity contribution in [1.82, 2.24) is 14.9 Å². The number of rotatable bonds is 6. The minimum Gasteiger partial charge on any atom is -0.373 e. The highest BCUT2D eigenvalue weighted by molar-refractivity contribution is 5.58. The van der Waals surface area contributed by atoms with Crippen molar-refractivity contribution in [2.45, 2.75) is 51.0 Å². The van der Waals surface area contributed by atoms with Crippen LogP contribution in [0.2, 0.25) is 0 Å². The fourth-order valence-corrected chi connectivity index (χ4v) is 3.35. The summed E-state index contributed by atoms with van der Waals surface area (Å²) in [4.78, 5) is 11.2. The van der Waals surface area contributed by atoms with Gasteiger partial charge in [-0.3, -0.25) is 0 Å². The van der Waals surface area contributed by atoms with Crippen LogP contribution >= 0.6 is 0 Å². The van der Waals surface area contributed by atoms with E-state index >= 15 is 0 Å². The number of aromatic nitrogens is 2. The molecule has 0 aliphatic heterocycles. The van der Waals surface area contributed by atoms with Gasteiger partial charge in [0, 0.05) is 24.7 Å². The molecular weight excluding hydrogens is 262 g/mol. The van der Waals surface area contributed by atoms with E-state index in [1.54, 1.807) is 6.33 Å². The van der Waals surface area contributed by atoms with Crippen LogP contribution in [0.3, 0.4) is 0 Å². The molecule has 1 saturated carbocycles. The van der Waals surface area contributed by atoms with E-state index in [4.69, 9.17) is 0 Å². The lowest BCUT2D eigenvalue weighted by atomic mass is 9.95. The van der Waals surface area contributed by atoms with Crippen LogP contribution in [0.4, 0.5) is 11.6 Å². The van der Waals surface area contributed by atoms with Gasteiger partial charge in [0.05, 0.1) is 0 Å². The summed E-state index contributed by atoms with van der Waals surface area (Å²) >= 11 is 0. The molecule has 2 N–H and O–H groups in total. The molecule has 2 rings (SSSR count). The molecule has 118 valence electrons. The summed E-state index contributed by atoms with van der Waals surface area (Å²) in [6.45, 7) is 5.31. The molecule has 0 amide bonds. The molecule has 5 heteroatoms. The first-order valence-corrected chi connectivity index (χ1v) is 7.94. The summed E-state index contributed by atoms with van der Waals surface area (Å²) in [6, 6.07) is 0. The van der Waals surface area contributed by atoms with E-state index in [9.17, 15) is 0 Å². The van der Waals surface area contributed by atoms with Gasteiger partial charge in [0.25, 0.3) is 0 Å². The molecule has 0 aromatic carbocycles. The van der Waals surface area contributed by atoms with Gasteiger partial charge in [-0.05, 0) is 32.9 Å². The first kappa shape index (κ1) is 16.0. The third-order valence-corrected chi connectivity index (χ3v) is 4.77. The van der Waals surface area contributed by atoms with Crippen LogP contribution in [-0.2, 0) is 0 Å². The predicted molar refractivity (Wildman–Crippen MR) is 89.0 cm³/mol. The van der Waals surface area contributed by atoms with Crippen LogP contribution in [0.5, 0.6) is 0 Å². The maximum atomic E-state index is 4.48. The van der Waals surface area contributed by atoms with E-state index in [-0.39, 0.29) is 5.54 Å². The molecule has 21 heavy (non-hydrogen) atoms. The predicted octanol–water partition coefficient (Wildman–Crippen LogP) is 2.93. The smallest absolute Gasteiger partial charge is 0.135 e. The Hall–Kier alpha value is -1.36.